The molecule has 0 unspecified atom stereocenters. The first-order chi connectivity index (χ1) is 38.4. The molecule has 6 rings (SSSR count). The number of hydrogen-bond donors (Lipinski definition) is 2. The lowest BCUT2D eigenvalue weighted by Crippen LogP contribution is -2.46. The summed E-state index contributed by atoms with van der Waals surface area (Å²) in [7, 11) is -19.7. The van der Waals surface area contributed by atoms with Gasteiger partial charge in [-0.2, -0.15) is 0 Å². The third-order valence-electron chi connectivity index (χ3n) is 14.2. The molecular formula is C50H74F4N14O10S4Si2. The highest BCUT2D eigenvalue weighted by molar-refractivity contribution is 7.92. The van der Waals surface area contributed by atoms with E-state index in [2.05, 4.69) is 59.8 Å². The highest BCUT2D eigenvalue weighted by Crippen LogP contribution is 2.42. The first kappa shape index (κ1) is 72.5. The van der Waals surface area contributed by atoms with Gasteiger partial charge in [-0.25, -0.2) is 121 Å². The Bertz CT molecular complexity index is 3290. The maximum atomic E-state index is 13.0. The van der Waals surface area contributed by atoms with Crippen LogP contribution in [0.3, 0.4) is 0 Å². The van der Waals surface area contributed by atoms with Gasteiger partial charge >= 0.3 is 0 Å². The number of sulfone groups is 2. The number of rotatable bonds is 18. The molecule has 0 bridgehead atoms. The normalized spacial score (nSPS) is 15.6. The van der Waals surface area contributed by atoms with Gasteiger partial charge < -0.3 is 8.85 Å². The van der Waals surface area contributed by atoms with Crippen molar-refractivity contribution in [3.05, 3.63) is 133 Å². The zero-order chi connectivity index (χ0) is 64.2. The zero-order valence-corrected chi connectivity index (χ0v) is 54.7. The molecule has 6 aromatic heterocycles. The Morgan fingerprint density at radius 1 is 0.393 bits per heavy atom. The minimum Gasteiger partial charge on any atom is -0.405 e. The Hall–Kier alpha value is -5.73. The van der Waals surface area contributed by atoms with Crippen LogP contribution < -0.4 is 10.3 Å². The average Bonchev–Trinajstić information content (AvgIpc) is 3.58. The fourth-order valence-corrected chi connectivity index (χ4v) is 12.9. The topological polar surface area (TPSA) is 362 Å². The molecule has 0 radical (unpaired) electrons. The smallest absolute Gasteiger partial charge is 0.247 e. The summed E-state index contributed by atoms with van der Waals surface area (Å²) in [6.07, 6.45) is 11.6. The average molecular weight is 1290 g/mol. The molecule has 34 heteroatoms. The van der Waals surface area contributed by atoms with Crippen molar-refractivity contribution in [3.63, 3.8) is 0 Å². The van der Waals surface area contributed by atoms with Gasteiger partial charge in [0.2, 0.25) is 50.0 Å². The van der Waals surface area contributed by atoms with E-state index in [1.165, 1.54) is 64.6 Å². The molecule has 0 aromatic carbocycles. The van der Waals surface area contributed by atoms with Gasteiger partial charge in [-0.05, 0) is 76.1 Å². The lowest BCUT2D eigenvalue weighted by molar-refractivity contribution is 0.171. The van der Waals surface area contributed by atoms with Gasteiger partial charge in [-0.1, -0.05) is 55.4 Å². The van der Waals surface area contributed by atoms with Gasteiger partial charge in [-0.15, -0.1) is 0 Å². The van der Waals surface area contributed by atoms with E-state index in [9.17, 15) is 51.2 Å². The number of halogens is 4. The van der Waals surface area contributed by atoms with Crippen molar-refractivity contribution in [1.82, 2.24) is 59.8 Å². The molecule has 0 aliphatic carbocycles. The van der Waals surface area contributed by atoms with Gasteiger partial charge in [-0.3, -0.25) is 0 Å². The van der Waals surface area contributed by atoms with Crippen molar-refractivity contribution in [2.45, 2.75) is 175 Å². The van der Waals surface area contributed by atoms with Crippen molar-refractivity contribution >= 4 is 56.4 Å². The molecule has 84 heavy (non-hydrogen) atoms. The fourth-order valence-electron chi connectivity index (χ4n) is 6.26. The van der Waals surface area contributed by atoms with Crippen molar-refractivity contribution in [2.24, 2.45) is 10.3 Å². The number of nitrogens with zero attached hydrogens (tertiary/aromatic N) is 12. The van der Waals surface area contributed by atoms with Crippen LogP contribution in [-0.2, 0) is 48.6 Å². The first-order valence-corrected chi connectivity index (χ1v) is 37.8. The summed E-state index contributed by atoms with van der Waals surface area (Å²) in [6.45, 7) is 29.4. The molecule has 0 saturated heterocycles. The van der Waals surface area contributed by atoms with Crippen LogP contribution in [0.1, 0.15) is 130 Å². The minimum atomic E-state index is -3.85. The molecule has 464 valence electrons. The van der Waals surface area contributed by atoms with Crippen molar-refractivity contribution in [1.29, 1.82) is 0 Å². The van der Waals surface area contributed by atoms with Crippen LogP contribution in [0, 0.1) is 23.3 Å². The van der Waals surface area contributed by atoms with Crippen LogP contribution in [0.15, 0.2) is 96.8 Å². The summed E-state index contributed by atoms with van der Waals surface area (Å²) >= 11 is 0. The number of aromatic nitrogens is 12. The molecule has 24 nitrogen and oxygen atoms in total. The van der Waals surface area contributed by atoms with Crippen molar-refractivity contribution < 1.29 is 60.1 Å². The summed E-state index contributed by atoms with van der Waals surface area (Å²) in [5, 5.41) is 6.05. The van der Waals surface area contributed by atoms with Gasteiger partial charge in [0.15, 0.2) is 51.6 Å². The van der Waals surface area contributed by atoms with Crippen LogP contribution in [0.25, 0.3) is 0 Å². The van der Waals surface area contributed by atoms with Crippen LogP contribution in [0.2, 0.25) is 36.3 Å². The lowest BCUT2D eigenvalue weighted by Gasteiger charge is -2.39. The van der Waals surface area contributed by atoms with Gasteiger partial charge in [0.25, 0.3) is 0 Å². The van der Waals surface area contributed by atoms with E-state index in [4.69, 9.17) is 19.1 Å². The fraction of sp³-hybridized carbons (Fsp3) is 0.520. The summed E-state index contributed by atoms with van der Waals surface area (Å²) in [5.74, 6) is -2.59. The molecular weight excluding hydrogens is 1220 g/mol. The molecule has 6 heterocycles. The standard InChI is InChI=1S/2C13H24FN3O3SSi.2C12H13FN4O2S/c2*1-9(21(15,18)19)11(12-16-7-10(14)8-17-12)20-22(5,6)13(2,3)4;2*1-8(11-16-6-10(13)7-17-11)9(2)20(18,19)12-14-4-3-5-15-12/h2*7-9,11H,1-6H3,(H2,15,18,19);2*3-9H,1-2H3/t2*9-,11+;2*8-,9+/m1010/s1. The summed E-state index contributed by atoms with van der Waals surface area (Å²) < 4.78 is 160. The Balaban J connectivity index is 0.000000294. The summed E-state index contributed by atoms with van der Waals surface area (Å²) in [4.78, 5) is 45.8. The number of sulfonamides is 2. The highest BCUT2D eigenvalue weighted by atomic mass is 32.2. The maximum absolute atomic E-state index is 13.0. The Morgan fingerprint density at radius 3 is 0.810 bits per heavy atom. The van der Waals surface area contributed by atoms with Gasteiger partial charge in [0.05, 0.1) is 60.1 Å². The molecule has 0 aliphatic heterocycles. The third kappa shape index (κ3) is 20.2. The quantitative estimate of drug-likeness (QED) is 0.0479. The van der Waals surface area contributed by atoms with Gasteiger partial charge in [0, 0.05) is 36.6 Å². The molecule has 0 fully saturated rings. The van der Waals surface area contributed by atoms with E-state index in [0.29, 0.717) is 0 Å². The monoisotopic (exact) mass is 1290 g/mol. The molecule has 0 aliphatic rings. The summed E-state index contributed by atoms with van der Waals surface area (Å²) in [6, 6.07) is 3.08. The second kappa shape index (κ2) is 29.1. The van der Waals surface area contributed by atoms with Crippen LogP contribution >= 0.6 is 0 Å². The maximum Gasteiger partial charge on any atom is 0.247 e. The van der Waals surface area contributed by atoms with Crippen LogP contribution in [0.5, 0.6) is 0 Å². The number of primary sulfonamides is 2. The van der Waals surface area contributed by atoms with Crippen LogP contribution in [-0.4, -0.2) is 131 Å². The number of nitrogens with two attached hydrogens (primary N) is 2. The van der Waals surface area contributed by atoms with Crippen molar-refractivity contribution in [3.8, 4) is 0 Å². The van der Waals surface area contributed by atoms with Crippen molar-refractivity contribution in [2.75, 3.05) is 0 Å². The second-order valence-electron chi connectivity index (χ2n) is 22.4. The molecule has 6 aromatic rings. The predicted octanol–water partition coefficient (Wildman–Crippen LogP) is 7.45. The van der Waals surface area contributed by atoms with E-state index in [0.717, 1.165) is 49.6 Å². The molecule has 4 N–H and O–H groups in total. The Labute approximate surface area is 491 Å². The molecule has 0 amide bonds. The van der Waals surface area contributed by atoms with Crippen LogP contribution in [0.4, 0.5) is 17.6 Å². The Morgan fingerprint density at radius 2 is 0.607 bits per heavy atom. The largest absolute Gasteiger partial charge is 0.405 e. The van der Waals surface area contributed by atoms with Gasteiger partial charge in [0.1, 0.15) is 34.4 Å². The summed E-state index contributed by atoms with van der Waals surface area (Å²) in [5.41, 5.74) is 0. The lowest BCUT2D eigenvalue weighted by atomic mass is 10.1. The molecule has 0 spiro atoms. The zero-order valence-electron chi connectivity index (χ0n) is 49.5. The van der Waals surface area contributed by atoms with E-state index in [1.54, 1.807) is 13.8 Å². The predicted molar refractivity (Wildman–Crippen MR) is 309 cm³/mol. The van der Waals surface area contributed by atoms with E-state index in [-0.39, 0.29) is 43.7 Å². The minimum absolute atomic E-state index is 0.118. The van der Waals surface area contributed by atoms with E-state index < -0.39 is 125 Å². The third-order valence-corrected chi connectivity index (χ3v) is 29.9. The first-order valence-electron chi connectivity index (χ1n) is 25.7. The second-order valence-corrected chi connectivity index (χ2v) is 40.1. The Kier molecular flexibility index (Phi) is 25.1. The highest BCUT2D eigenvalue weighted by Gasteiger charge is 2.45. The SMILES string of the molecule is C[C@@H]([C@@H](O[Si](C)(C)C(C)(C)C)c1ncc(F)cn1)S(N)(=O)=O.C[C@@H](c1ncc(F)cn1)[C@H](C)S(=O)(=O)c1ncccn1.C[C@H]([C@H](O[Si](C)(C)C(C)(C)C)c1ncc(F)cn1)S(N)(=O)=O.C[C@H](c1ncc(F)cn1)[C@@H](C)S(=O)(=O)c1ncccn1. The van der Waals surface area contributed by atoms with E-state index >= 15 is 0 Å². The molecule has 8 atom stereocenters. The molecule has 0 saturated carbocycles. The van der Waals surface area contributed by atoms with E-state index in [1.807, 2.05) is 67.7 Å². The number of hydrogen-bond acceptors (Lipinski definition) is 22.